The van der Waals surface area contributed by atoms with Crippen LogP contribution in [0.2, 0.25) is 0 Å². The van der Waals surface area contributed by atoms with E-state index in [9.17, 15) is 22.8 Å². The molecule has 22 heavy (non-hydrogen) atoms. The number of halogens is 3. The smallest absolute Gasteiger partial charge is 0.351 e. The molecule has 1 aliphatic heterocycles. The summed E-state index contributed by atoms with van der Waals surface area (Å²) in [5.74, 6) is 0.0525. The van der Waals surface area contributed by atoms with Gasteiger partial charge in [-0.3, -0.25) is 9.59 Å². The van der Waals surface area contributed by atoms with E-state index in [2.05, 4.69) is 5.32 Å². The third-order valence-corrected chi connectivity index (χ3v) is 5.86. The third-order valence-electron chi connectivity index (χ3n) is 5.86. The molecule has 4 saturated carbocycles. The van der Waals surface area contributed by atoms with Crippen LogP contribution in [0.3, 0.4) is 0 Å². The van der Waals surface area contributed by atoms with Gasteiger partial charge in [-0.1, -0.05) is 0 Å². The van der Waals surface area contributed by atoms with Gasteiger partial charge in [0.15, 0.2) is 0 Å². The standard InChI is InChI=1S/C15H19F3N2O2/c16-15(17,18)14-6-13(7-14,8-14)12(22)20-4-3-10(5-20)19-11(21)9-1-2-9/h9-10H,1-8H2,(H,19,21)/t10-,13?,14?/m0/s1. The van der Waals surface area contributed by atoms with Gasteiger partial charge in [-0.05, 0) is 38.5 Å². The summed E-state index contributed by atoms with van der Waals surface area (Å²) >= 11 is 0. The Labute approximate surface area is 126 Å². The van der Waals surface area contributed by atoms with Crippen molar-refractivity contribution in [2.75, 3.05) is 13.1 Å². The molecule has 122 valence electrons. The lowest BCUT2D eigenvalue weighted by Gasteiger charge is -2.69. The highest BCUT2D eigenvalue weighted by Gasteiger charge is 2.81. The topological polar surface area (TPSA) is 49.4 Å². The van der Waals surface area contributed by atoms with Gasteiger partial charge in [-0.25, -0.2) is 0 Å². The maximum atomic E-state index is 12.8. The molecule has 2 bridgehead atoms. The van der Waals surface area contributed by atoms with E-state index in [1.165, 1.54) is 0 Å². The SMILES string of the molecule is O=C(N[C@H]1CCN(C(=O)C23CC(C(F)(F)F)(C2)C3)C1)C1CC1. The van der Waals surface area contributed by atoms with Crippen LogP contribution in [-0.2, 0) is 9.59 Å². The second-order valence-electron chi connectivity index (χ2n) is 7.61. The van der Waals surface area contributed by atoms with Crippen LogP contribution < -0.4 is 5.32 Å². The maximum absolute atomic E-state index is 12.8. The molecule has 1 N–H and O–H groups in total. The molecular weight excluding hydrogens is 297 g/mol. The quantitative estimate of drug-likeness (QED) is 0.864. The van der Waals surface area contributed by atoms with Crippen LogP contribution >= 0.6 is 0 Å². The third kappa shape index (κ3) is 1.90. The molecule has 7 heteroatoms. The predicted octanol–water partition coefficient (Wildman–Crippen LogP) is 1.85. The molecule has 5 fully saturated rings. The van der Waals surface area contributed by atoms with Crippen LogP contribution in [0.1, 0.15) is 38.5 Å². The highest BCUT2D eigenvalue weighted by molar-refractivity contribution is 5.87. The fraction of sp³-hybridized carbons (Fsp3) is 0.867. The van der Waals surface area contributed by atoms with E-state index in [1.54, 1.807) is 4.90 Å². The van der Waals surface area contributed by atoms with Gasteiger partial charge in [0.2, 0.25) is 11.8 Å². The van der Waals surface area contributed by atoms with Gasteiger partial charge in [0.1, 0.15) is 0 Å². The molecule has 1 saturated heterocycles. The Bertz CT molecular complexity index is 522. The van der Waals surface area contributed by atoms with Gasteiger partial charge < -0.3 is 10.2 Å². The zero-order chi connectivity index (χ0) is 15.8. The molecular formula is C15H19F3N2O2. The number of carbonyl (C=O) groups excluding carboxylic acids is 2. The number of rotatable bonds is 3. The number of likely N-dealkylation sites (tertiary alicyclic amines) is 1. The Morgan fingerprint density at radius 1 is 1.09 bits per heavy atom. The molecule has 4 aliphatic carbocycles. The van der Waals surface area contributed by atoms with Crippen LogP contribution in [0.5, 0.6) is 0 Å². The average Bonchev–Trinajstić information content (AvgIpc) is 3.05. The first-order valence-electron chi connectivity index (χ1n) is 7.91. The van der Waals surface area contributed by atoms with E-state index < -0.39 is 17.0 Å². The monoisotopic (exact) mass is 316 g/mol. The fourth-order valence-corrected chi connectivity index (χ4v) is 4.38. The van der Waals surface area contributed by atoms with Gasteiger partial charge in [0, 0.05) is 25.0 Å². The van der Waals surface area contributed by atoms with Crippen LogP contribution in [0.15, 0.2) is 0 Å². The molecule has 0 radical (unpaired) electrons. The lowest BCUT2D eigenvalue weighted by atomic mass is 9.34. The highest BCUT2D eigenvalue weighted by atomic mass is 19.4. The Balaban J connectivity index is 1.31. The summed E-state index contributed by atoms with van der Waals surface area (Å²) < 4.78 is 38.5. The van der Waals surface area contributed by atoms with Crippen LogP contribution in [0.4, 0.5) is 13.2 Å². The lowest BCUT2D eigenvalue weighted by molar-refractivity contribution is -0.352. The summed E-state index contributed by atoms with van der Waals surface area (Å²) in [4.78, 5) is 25.9. The minimum Gasteiger partial charge on any atom is -0.351 e. The predicted molar refractivity (Wildman–Crippen MR) is 70.6 cm³/mol. The first-order valence-corrected chi connectivity index (χ1v) is 7.91. The Kier molecular flexibility index (Phi) is 2.72. The normalized spacial score (nSPS) is 40.0. The van der Waals surface area contributed by atoms with Gasteiger partial charge in [-0.15, -0.1) is 0 Å². The summed E-state index contributed by atoms with van der Waals surface area (Å²) in [6.45, 7) is 0.979. The summed E-state index contributed by atoms with van der Waals surface area (Å²) in [6.07, 6.45) is -1.74. The van der Waals surface area contributed by atoms with E-state index in [1.807, 2.05) is 0 Å². The van der Waals surface area contributed by atoms with Crippen molar-refractivity contribution in [1.29, 1.82) is 0 Å². The van der Waals surface area contributed by atoms with Crippen molar-refractivity contribution in [2.24, 2.45) is 16.7 Å². The Hall–Kier alpha value is -1.27. The van der Waals surface area contributed by atoms with Crippen LogP contribution in [0.25, 0.3) is 0 Å². The zero-order valence-electron chi connectivity index (χ0n) is 12.2. The number of hydrogen-bond donors (Lipinski definition) is 1. The molecule has 0 spiro atoms. The second kappa shape index (κ2) is 4.17. The number of amides is 2. The number of nitrogens with one attached hydrogen (secondary N) is 1. The highest BCUT2D eigenvalue weighted by Crippen LogP contribution is 2.78. The van der Waals surface area contributed by atoms with E-state index >= 15 is 0 Å². The van der Waals surface area contributed by atoms with Gasteiger partial charge in [0.25, 0.3) is 0 Å². The van der Waals surface area contributed by atoms with Gasteiger partial charge in [0.05, 0.1) is 10.8 Å². The van der Waals surface area contributed by atoms with Crippen molar-refractivity contribution in [1.82, 2.24) is 10.2 Å². The number of nitrogens with zero attached hydrogens (tertiary/aromatic N) is 1. The Morgan fingerprint density at radius 3 is 2.27 bits per heavy atom. The van der Waals surface area contributed by atoms with Crippen LogP contribution in [-0.4, -0.2) is 42.0 Å². The summed E-state index contributed by atoms with van der Waals surface area (Å²) in [6, 6.07) is -0.0408. The van der Waals surface area contributed by atoms with E-state index in [-0.39, 0.29) is 43.0 Å². The van der Waals surface area contributed by atoms with E-state index in [0.717, 1.165) is 12.8 Å². The molecule has 0 aromatic heterocycles. The minimum absolute atomic E-state index is 0.0408. The molecule has 0 unspecified atom stereocenters. The first-order chi connectivity index (χ1) is 10.2. The largest absolute Gasteiger partial charge is 0.394 e. The van der Waals surface area contributed by atoms with Crippen molar-refractivity contribution in [2.45, 2.75) is 50.7 Å². The average molecular weight is 316 g/mol. The number of hydrogen-bond acceptors (Lipinski definition) is 2. The van der Waals surface area contributed by atoms with Crippen molar-refractivity contribution >= 4 is 11.8 Å². The summed E-state index contributed by atoms with van der Waals surface area (Å²) in [5.41, 5.74) is -2.34. The molecule has 4 nitrogen and oxygen atoms in total. The van der Waals surface area contributed by atoms with Crippen molar-refractivity contribution < 1.29 is 22.8 Å². The molecule has 5 aliphatic rings. The fourth-order valence-electron chi connectivity index (χ4n) is 4.38. The molecule has 2 amide bonds. The summed E-state index contributed by atoms with van der Waals surface area (Å²) in [5, 5.41) is 2.94. The molecule has 0 aromatic carbocycles. The molecule has 1 heterocycles. The van der Waals surface area contributed by atoms with E-state index in [4.69, 9.17) is 0 Å². The van der Waals surface area contributed by atoms with E-state index in [0.29, 0.717) is 19.5 Å². The van der Waals surface area contributed by atoms with Crippen LogP contribution in [0, 0.1) is 16.7 Å². The van der Waals surface area contributed by atoms with Crippen molar-refractivity contribution in [3.8, 4) is 0 Å². The minimum atomic E-state index is -4.18. The number of carbonyl (C=O) groups is 2. The summed E-state index contributed by atoms with van der Waals surface area (Å²) in [7, 11) is 0. The van der Waals surface area contributed by atoms with Crippen molar-refractivity contribution in [3.63, 3.8) is 0 Å². The molecule has 1 atom stereocenters. The lowest BCUT2D eigenvalue weighted by Crippen LogP contribution is -2.72. The maximum Gasteiger partial charge on any atom is 0.394 e. The second-order valence-corrected chi connectivity index (χ2v) is 7.61. The molecule has 5 rings (SSSR count). The zero-order valence-corrected chi connectivity index (χ0v) is 12.2. The Morgan fingerprint density at radius 2 is 1.73 bits per heavy atom. The van der Waals surface area contributed by atoms with Crippen molar-refractivity contribution in [3.05, 3.63) is 0 Å². The molecule has 0 aromatic rings. The van der Waals surface area contributed by atoms with Gasteiger partial charge >= 0.3 is 6.18 Å². The first kappa shape index (κ1) is 14.3. The van der Waals surface area contributed by atoms with Gasteiger partial charge in [-0.2, -0.15) is 13.2 Å². The number of alkyl halides is 3.